The summed E-state index contributed by atoms with van der Waals surface area (Å²) in [6.45, 7) is 3.31. The predicted molar refractivity (Wildman–Crippen MR) is 77.9 cm³/mol. The molecule has 0 aliphatic carbocycles. The van der Waals surface area contributed by atoms with Crippen LogP contribution in [-0.2, 0) is 20.4 Å². The first kappa shape index (κ1) is 16.6. The van der Waals surface area contributed by atoms with Gasteiger partial charge >= 0.3 is 20.4 Å². The zero-order chi connectivity index (χ0) is 16.7. The first-order valence-corrected chi connectivity index (χ1v) is 8.88. The molecule has 2 aromatic rings. The van der Waals surface area contributed by atoms with Gasteiger partial charge in [0.05, 0.1) is 9.79 Å². The van der Waals surface area contributed by atoms with Crippen molar-refractivity contribution in [3.63, 3.8) is 0 Å². The van der Waals surface area contributed by atoms with Crippen LogP contribution < -0.4 is 0 Å². The number of rotatable bonds is 3. The lowest BCUT2D eigenvalue weighted by Crippen LogP contribution is -1.97. The Bertz CT molecular complexity index is 869. The van der Waals surface area contributed by atoms with E-state index in [2.05, 4.69) is 0 Å². The van der Waals surface area contributed by atoms with Gasteiger partial charge < -0.3 is 0 Å². The highest BCUT2D eigenvalue weighted by molar-refractivity contribution is 7.86. The van der Waals surface area contributed by atoms with Crippen LogP contribution in [0.15, 0.2) is 46.2 Å². The minimum Gasteiger partial charge on any atom is -0.189 e. The second-order valence-corrected chi connectivity index (χ2v) is 7.52. The summed E-state index contributed by atoms with van der Waals surface area (Å²) in [5, 5.41) is 0. The molecule has 0 N–H and O–H groups in total. The van der Waals surface area contributed by atoms with Crippen molar-refractivity contribution in [3.8, 4) is 11.1 Å². The van der Waals surface area contributed by atoms with Gasteiger partial charge in [0, 0.05) is 0 Å². The van der Waals surface area contributed by atoms with Crippen molar-refractivity contribution in [2.24, 2.45) is 0 Å². The maximum absolute atomic E-state index is 13.1. The number of hydrogen-bond acceptors (Lipinski definition) is 4. The van der Waals surface area contributed by atoms with Gasteiger partial charge in [-0.1, -0.05) is 12.1 Å². The Labute approximate surface area is 127 Å². The second kappa shape index (κ2) is 5.44. The third-order valence-corrected chi connectivity index (χ3v) is 4.91. The van der Waals surface area contributed by atoms with E-state index < -0.39 is 30.2 Å². The molecule has 0 aliphatic rings. The zero-order valence-corrected chi connectivity index (χ0v) is 13.3. The lowest BCUT2D eigenvalue weighted by atomic mass is 9.97. The SMILES string of the molecule is Cc1ccc(S(=O)(=O)F)cc1-c1cc(S(=O)(=O)F)ccc1C. The van der Waals surface area contributed by atoms with Crippen LogP contribution in [0.4, 0.5) is 7.77 Å². The van der Waals surface area contributed by atoms with Gasteiger partial charge in [-0.05, 0) is 60.4 Å². The average Bonchev–Trinajstić information content (AvgIpc) is 2.37. The van der Waals surface area contributed by atoms with Crippen LogP contribution in [0.1, 0.15) is 11.1 Å². The Balaban J connectivity index is 2.76. The third kappa shape index (κ3) is 3.33. The molecule has 0 atom stereocenters. The van der Waals surface area contributed by atoms with E-state index in [-0.39, 0.29) is 0 Å². The van der Waals surface area contributed by atoms with Crippen molar-refractivity contribution < 1.29 is 24.6 Å². The minimum atomic E-state index is -4.89. The van der Waals surface area contributed by atoms with Crippen LogP contribution in [0.5, 0.6) is 0 Å². The van der Waals surface area contributed by atoms with Crippen molar-refractivity contribution in [1.29, 1.82) is 0 Å². The Morgan fingerprint density at radius 2 is 1.00 bits per heavy atom. The molecule has 0 radical (unpaired) electrons. The van der Waals surface area contributed by atoms with Crippen LogP contribution >= 0.6 is 0 Å². The molecule has 0 aliphatic heterocycles. The van der Waals surface area contributed by atoms with Crippen molar-refractivity contribution in [2.45, 2.75) is 23.6 Å². The lowest BCUT2D eigenvalue weighted by molar-refractivity contribution is 0.549. The van der Waals surface area contributed by atoms with Gasteiger partial charge in [-0.15, -0.1) is 7.77 Å². The summed E-state index contributed by atoms with van der Waals surface area (Å²) in [4.78, 5) is -1.08. The number of hydrogen-bond donors (Lipinski definition) is 0. The monoisotopic (exact) mass is 346 g/mol. The molecular formula is C14H12F2O4S2. The molecule has 8 heteroatoms. The molecule has 2 rings (SSSR count). The molecule has 118 valence electrons. The molecule has 0 saturated carbocycles. The van der Waals surface area contributed by atoms with Crippen LogP contribution in [0, 0.1) is 13.8 Å². The fourth-order valence-corrected chi connectivity index (χ4v) is 3.06. The van der Waals surface area contributed by atoms with Crippen LogP contribution in [0.2, 0.25) is 0 Å². The summed E-state index contributed by atoms with van der Waals surface area (Å²) in [6, 6.07) is 7.22. The van der Waals surface area contributed by atoms with E-state index >= 15 is 0 Å². The molecule has 0 heterocycles. The molecule has 0 fully saturated rings. The molecule has 0 unspecified atom stereocenters. The summed E-state index contributed by atoms with van der Waals surface area (Å²) in [5.41, 5.74) is 1.84. The van der Waals surface area contributed by atoms with Crippen molar-refractivity contribution in [3.05, 3.63) is 47.5 Å². The standard InChI is InChI=1S/C14H12F2O4S2/c1-9-3-5-11(21(15,17)18)7-13(9)14-8-12(22(16,19)20)6-4-10(14)2/h3-8H,1-2H3. The molecule has 0 spiro atoms. The maximum atomic E-state index is 13.1. The quantitative estimate of drug-likeness (QED) is 0.800. The first-order valence-electron chi connectivity index (χ1n) is 6.11. The van der Waals surface area contributed by atoms with Crippen LogP contribution in [0.3, 0.4) is 0 Å². The van der Waals surface area contributed by atoms with Gasteiger partial charge in [0.1, 0.15) is 0 Å². The van der Waals surface area contributed by atoms with Crippen molar-refractivity contribution >= 4 is 20.4 Å². The van der Waals surface area contributed by atoms with Gasteiger partial charge in [0.15, 0.2) is 0 Å². The second-order valence-electron chi connectivity index (χ2n) is 4.83. The largest absolute Gasteiger partial charge is 0.332 e. The third-order valence-electron chi connectivity index (χ3n) is 3.27. The average molecular weight is 346 g/mol. The van der Waals surface area contributed by atoms with E-state index in [1.54, 1.807) is 13.8 Å². The van der Waals surface area contributed by atoms with E-state index in [0.29, 0.717) is 22.3 Å². The molecule has 4 nitrogen and oxygen atoms in total. The maximum Gasteiger partial charge on any atom is 0.332 e. The molecule has 22 heavy (non-hydrogen) atoms. The molecule has 0 bridgehead atoms. The summed E-state index contributed by atoms with van der Waals surface area (Å²) < 4.78 is 70.3. The van der Waals surface area contributed by atoms with Gasteiger partial charge in [-0.2, -0.15) is 16.8 Å². The van der Waals surface area contributed by atoms with Crippen LogP contribution in [0.25, 0.3) is 11.1 Å². The molecule has 0 amide bonds. The minimum absolute atomic E-state index is 0.321. The summed E-state index contributed by atoms with van der Waals surface area (Å²) in [7, 11) is -9.79. The number of benzene rings is 2. The Morgan fingerprint density at radius 1 is 0.682 bits per heavy atom. The summed E-state index contributed by atoms with van der Waals surface area (Å²) in [6.07, 6.45) is 0. The van der Waals surface area contributed by atoms with Gasteiger partial charge in [-0.25, -0.2) is 0 Å². The lowest BCUT2D eigenvalue weighted by Gasteiger charge is -2.11. The fraction of sp³-hybridized carbons (Fsp3) is 0.143. The van der Waals surface area contributed by atoms with Crippen LogP contribution in [-0.4, -0.2) is 16.8 Å². The van der Waals surface area contributed by atoms with Crippen molar-refractivity contribution in [1.82, 2.24) is 0 Å². The fourth-order valence-electron chi connectivity index (χ4n) is 2.09. The molecule has 0 aromatic heterocycles. The topological polar surface area (TPSA) is 68.3 Å². The molecular weight excluding hydrogens is 334 g/mol. The van der Waals surface area contributed by atoms with Gasteiger partial charge in [0.25, 0.3) is 0 Å². The van der Waals surface area contributed by atoms with E-state index in [1.807, 2.05) is 0 Å². The first-order chi connectivity index (χ1) is 10.00. The van der Waals surface area contributed by atoms with Crippen molar-refractivity contribution in [2.75, 3.05) is 0 Å². The highest BCUT2D eigenvalue weighted by atomic mass is 32.3. The Kier molecular flexibility index (Phi) is 4.09. The predicted octanol–water partition coefficient (Wildman–Crippen LogP) is 3.29. The molecule has 2 aromatic carbocycles. The summed E-state index contributed by atoms with van der Waals surface area (Å²) in [5.74, 6) is 0. The smallest absolute Gasteiger partial charge is 0.189 e. The Morgan fingerprint density at radius 3 is 1.27 bits per heavy atom. The normalized spacial score (nSPS) is 12.4. The zero-order valence-electron chi connectivity index (χ0n) is 11.7. The number of halogens is 2. The van der Waals surface area contributed by atoms with E-state index in [9.17, 15) is 24.6 Å². The number of aryl methyl sites for hydroxylation is 2. The van der Waals surface area contributed by atoms with Gasteiger partial charge in [0.2, 0.25) is 0 Å². The van der Waals surface area contributed by atoms with E-state index in [0.717, 1.165) is 24.3 Å². The Hall–Kier alpha value is -1.80. The van der Waals surface area contributed by atoms with E-state index in [4.69, 9.17) is 0 Å². The summed E-state index contributed by atoms with van der Waals surface area (Å²) >= 11 is 0. The molecule has 0 saturated heterocycles. The highest BCUT2D eigenvalue weighted by Gasteiger charge is 2.18. The van der Waals surface area contributed by atoms with Gasteiger partial charge in [-0.3, -0.25) is 0 Å². The highest BCUT2D eigenvalue weighted by Crippen LogP contribution is 2.31. The van der Waals surface area contributed by atoms with E-state index in [1.165, 1.54) is 12.1 Å².